The monoisotopic (exact) mass is 729 g/mol. The summed E-state index contributed by atoms with van der Waals surface area (Å²) >= 11 is 0. The van der Waals surface area contributed by atoms with Crippen LogP contribution in [-0.4, -0.2) is 100 Å². The number of likely N-dealkylation sites (tertiary alicyclic amines) is 1. The third kappa shape index (κ3) is 8.62. The number of rotatable bonds is 11. The largest absolute Gasteiger partial charge is 0.493 e. The van der Waals surface area contributed by atoms with E-state index in [1.54, 1.807) is 28.4 Å². The molecule has 0 radical (unpaired) electrons. The maximum Gasteiger partial charge on any atom is 0.161 e. The van der Waals surface area contributed by atoms with Crippen LogP contribution >= 0.6 is 37.2 Å². The number of aliphatic hydroxyl groups is 1. The summed E-state index contributed by atoms with van der Waals surface area (Å²) in [6.45, 7) is 9.22. The lowest BCUT2D eigenvalue weighted by atomic mass is 9.72. The van der Waals surface area contributed by atoms with Crippen molar-refractivity contribution < 1.29 is 24.1 Å². The Kier molecular flexibility index (Phi) is 15.8. The molecule has 0 aromatic heterocycles. The SMILES string of the molecule is CC[C@H]1CN2CCc3cc(OC)c(OC)cc3[C@@H]2C[C@@H]1C[C@@H]1c2cc(OC)c(OC)cc2CCN1CC(O)CN1CCCCC1.Cl.Cl.Cl. The molecule has 6 rings (SSSR count). The zero-order valence-electron chi connectivity index (χ0n) is 29.4. The number of hydrogen-bond acceptors (Lipinski definition) is 8. The van der Waals surface area contributed by atoms with Crippen LogP contribution in [0.3, 0.4) is 0 Å². The Balaban J connectivity index is 0.00000208. The summed E-state index contributed by atoms with van der Waals surface area (Å²) in [5.74, 6) is 4.43. The molecule has 4 aliphatic rings. The van der Waals surface area contributed by atoms with Crippen molar-refractivity contribution in [2.75, 3.05) is 74.3 Å². The molecule has 2 fully saturated rings. The van der Waals surface area contributed by atoms with Gasteiger partial charge >= 0.3 is 0 Å². The van der Waals surface area contributed by atoms with Gasteiger partial charge in [-0.25, -0.2) is 0 Å². The van der Waals surface area contributed by atoms with E-state index >= 15 is 0 Å². The summed E-state index contributed by atoms with van der Waals surface area (Å²) in [5.41, 5.74) is 5.49. The van der Waals surface area contributed by atoms with Crippen molar-refractivity contribution in [3.8, 4) is 23.0 Å². The first-order valence-corrected chi connectivity index (χ1v) is 17.3. The first-order chi connectivity index (χ1) is 22.0. The van der Waals surface area contributed by atoms with Crippen LogP contribution in [0.1, 0.15) is 79.8 Å². The van der Waals surface area contributed by atoms with Gasteiger partial charge in [-0.15, -0.1) is 37.2 Å². The third-order valence-corrected chi connectivity index (χ3v) is 11.3. The van der Waals surface area contributed by atoms with Gasteiger partial charge in [-0.1, -0.05) is 19.8 Å². The minimum absolute atomic E-state index is 0. The normalized spacial score (nSPS) is 24.7. The summed E-state index contributed by atoms with van der Waals surface area (Å²) in [4.78, 5) is 7.77. The number of aliphatic hydroxyl groups excluding tert-OH is 1. The average Bonchev–Trinajstić information content (AvgIpc) is 3.07. The minimum atomic E-state index is -0.358. The van der Waals surface area contributed by atoms with Crippen LogP contribution in [0.25, 0.3) is 0 Å². The van der Waals surface area contributed by atoms with E-state index in [1.165, 1.54) is 47.9 Å². The van der Waals surface area contributed by atoms with Crippen molar-refractivity contribution in [2.24, 2.45) is 11.8 Å². The van der Waals surface area contributed by atoms with E-state index in [-0.39, 0.29) is 49.4 Å². The van der Waals surface area contributed by atoms with E-state index in [4.69, 9.17) is 18.9 Å². The highest BCUT2D eigenvalue weighted by Gasteiger charge is 2.41. The van der Waals surface area contributed by atoms with Crippen LogP contribution in [0.2, 0.25) is 0 Å². The number of benzene rings is 2. The van der Waals surface area contributed by atoms with Gasteiger partial charge in [0.1, 0.15) is 0 Å². The fourth-order valence-electron chi connectivity index (χ4n) is 8.89. The maximum absolute atomic E-state index is 11.4. The van der Waals surface area contributed by atoms with Crippen LogP contribution in [0.5, 0.6) is 23.0 Å². The van der Waals surface area contributed by atoms with Crippen LogP contribution in [0.4, 0.5) is 0 Å². The first kappa shape index (κ1) is 40.8. The van der Waals surface area contributed by atoms with E-state index in [1.807, 2.05) is 0 Å². The zero-order chi connectivity index (χ0) is 31.5. The molecule has 48 heavy (non-hydrogen) atoms. The summed E-state index contributed by atoms with van der Waals surface area (Å²) in [5, 5.41) is 11.4. The Morgan fingerprint density at radius 1 is 0.708 bits per heavy atom. The Hall–Kier alpha value is -1.65. The Morgan fingerprint density at radius 2 is 1.27 bits per heavy atom. The highest BCUT2D eigenvalue weighted by molar-refractivity contribution is 5.86. The molecular weight excluding hydrogens is 673 g/mol. The summed E-state index contributed by atoms with van der Waals surface area (Å²) in [6.07, 6.45) is 8.83. The van der Waals surface area contributed by atoms with Gasteiger partial charge in [0.25, 0.3) is 0 Å². The Morgan fingerprint density at radius 3 is 1.88 bits per heavy atom. The standard InChI is InChI=1S/C37H55N3O5.3ClH/c1-6-25-22-39-14-10-26-18-34(42-2)36(44-4)20-30(26)32(39)16-28(25)17-33-31-21-37(45-5)35(43-3)19-27(31)11-15-40(33)24-29(41)23-38-12-8-7-9-13-38;;;/h18-21,25,28-29,32-33,41H,6-17,22-24H2,1-5H3;3*1H/t25-,28+,29?,32-,33+;;;/m0.../s1. The van der Waals surface area contributed by atoms with E-state index in [2.05, 4.69) is 45.9 Å². The van der Waals surface area contributed by atoms with Crippen molar-refractivity contribution in [3.05, 3.63) is 46.5 Å². The number of nitrogens with zero attached hydrogens (tertiary/aromatic N) is 3. The highest BCUT2D eigenvalue weighted by atomic mass is 35.5. The predicted octanol–water partition coefficient (Wildman–Crippen LogP) is 6.77. The molecule has 272 valence electrons. The lowest BCUT2D eigenvalue weighted by Gasteiger charge is -2.49. The second-order valence-corrected chi connectivity index (χ2v) is 13.7. The molecule has 8 nitrogen and oxygen atoms in total. The number of methoxy groups -OCH3 is 4. The molecule has 2 aromatic rings. The van der Waals surface area contributed by atoms with Gasteiger partial charge in [0.05, 0.1) is 34.5 Å². The smallest absolute Gasteiger partial charge is 0.161 e. The lowest BCUT2D eigenvalue weighted by Crippen LogP contribution is -2.48. The minimum Gasteiger partial charge on any atom is -0.493 e. The van der Waals surface area contributed by atoms with E-state index in [0.29, 0.717) is 24.4 Å². The van der Waals surface area contributed by atoms with Crippen LogP contribution in [0, 0.1) is 11.8 Å². The maximum atomic E-state index is 11.4. The van der Waals surface area contributed by atoms with Crippen LogP contribution in [-0.2, 0) is 12.8 Å². The van der Waals surface area contributed by atoms with E-state index < -0.39 is 0 Å². The highest BCUT2D eigenvalue weighted by Crippen LogP contribution is 2.49. The molecule has 2 saturated heterocycles. The molecule has 0 saturated carbocycles. The third-order valence-electron chi connectivity index (χ3n) is 11.3. The molecule has 4 aliphatic heterocycles. The predicted molar refractivity (Wildman–Crippen MR) is 200 cm³/mol. The van der Waals surface area contributed by atoms with Crippen molar-refractivity contribution >= 4 is 37.2 Å². The summed E-state index contributed by atoms with van der Waals surface area (Å²) in [7, 11) is 6.91. The Labute approximate surface area is 307 Å². The number of halogens is 3. The fraction of sp³-hybridized carbons (Fsp3) is 0.676. The van der Waals surface area contributed by atoms with Crippen LogP contribution in [0.15, 0.2) is 24.3 Å². The lowest BCUT2D eigenvalue weighted by molar-refractivity contribution is 0.0145. The molecule has 2 aromatic carbocycles. The van der Waals surface area contributed by atoms with Gasteiger partial charge in [0.2, 0.25) is 0 Å². The van der Waals surface area contributed by atoms with Gasteiger partial charge in [0, 0.05) is 44.8 Å². The topological polar surface area (TPSA) is 66.9 Å². The van der Waals surface area contributed by atoms with E-state index in [0.717, 1.165) is 87.9 Å². The average molecular weight is 731 g/mol. The molecule has 0 aliphatic carbocycles. The van der Waals surface area contributed by atoms with Gasteiger partial charge in [-0.05, 0) is 110 Å². The van der Waals surface area contributed by atoms with Crippen molar-refractivity contribution in [3.63, 3.8) is 0 Å². The molecule has 0 bridgehead atoms. The quantitative estimate of drug-likeness (QED) is 0.272. The van der Waals surface area contributed by atoms with Gasteiger partial charge < -0.3 is 29.0 Å². The van der Waals surface area contributed by atoms with Crippen molar-refractivity contribution in [2.45, 2.75) is 76.5 Å². The fourth-order valence-corrected chi connectivity index (χ4v) is 8.89. The number of β-amino-alcohol motifs (C(OH)–C–C–N with tert-alkyl or cyclic N) is 1. The van der Waals surface area contributed by atoms with Crippen LogP contribution < -0.4 is 18.9 Å². The molecule has 4 heterocycles. The molecule has 11 heteroatoms. The molecule has 5 atom stereocenters. The number of hydrogen-bond donors (Lipinski definition) is 1. The van der Waals surface area contributed by atoms with Gasteiger partial charge in [0.15, 0.2) is 23.0 Å². The number of piperidine rings is 2. The second kappa shape index (κ2) is 18.5. The molecule has 0 spiro atoms. The van der Waals surface area contributed by atoms with Gasteiger partial charge in [-0.2, -0.15) is 0 Å². The molecule has 0 amide bonds. The van der Waals surface area contributed by atoms with Crippen molar-refractivity contribution in [1.82, 2.24) is 14.7 Å². The second-order valence-electron chi connectivity index (χ2n) is 13.7. The number of fused-ring (bicyclic) bond motifs is 4. The zero-order valence-corrected chi connectivity index (χ0v) is 31.9. The molecule has 1 N–H and O–H groups in total. The summed E-state index contributed by atoms with van der Waals surface area (Å²) in [6, 6.07) is 9.47. The first-order valence-electron chi connectivity index (χ1n) is 17.3. The summed E-state index contributed by atoms with van der Waals surface area (Å²) < 4.78 is 23.0. The van der Waals surface area contributed by atoms with E-state index in [9.17, 15) is 5.11 Å². The van der Waals surface area contributed by atoms with Crippen molar-refractivity contribution in [1.29, 1.82) is 0 Å². The number of ether oxygens (including phenoxy) is 4. The Bertz CT molecular complexity index is 1310. The molecular formula is C37H58Cl3N3O5. The molecule has 1 unspecified atom stereocenters. The van der Waals surface area contributed by atoms with Gasteiger partial charge in [-0.3, -0.25) is 9.80 Å².